The Morgan fingerprint density at radius 1 is 1.29 bits per heavy atom. The molecule has 0 aliphatic carbocycles. The van der Waals surface area contributed by atoms with Crippen LogP contribution in [0, 0.1) is 0 Å². The Kier molecular flexibility index (Phi) is 6.40. The summed E-state index contributed by atoms with van der Waals surface area (Å²) in [5.74, 6) is 0.0235. The number of likely N-dealkylation sites (N-methyl/N-ethyl adjacent to an activating group) is 1. The van der Waals surface area contributed by atoms with Gasteiger partial charge in [0.2, 0.25) is 5.91 Å². The fraction of sp³-hybridized carbons (Fsp3) is 0.522. The summed E-state index contributed by atoms with van der Waals surface area (Å²) in [6, 6.07) is 5.98. The Morgan fingerprint density at radius 2 is 2.00 bits per heavy atom. The molecular weight excluding hydrogens is 394 g/mol. The average Bonchev–Trinajstić information content (AvgIpc) is 3.13. The summed E-state index contributed by atoms with van der Waals surface area (Å²) in [5.41, 5.74) is 9.69. The quantitative estimate of drug-likeness (QED) is 0.805. The lowest BCUT2D eigenvalue weighted by molar-refractivity contribution is -0.117. The Hall–Kier alpha value is -2.87. The summed E-state index contributed by atoms with van der Waals surface area (Å²) in [6.45, 7) is 10.2. The van der Waals surface area contributed by atoms with E-state index in [2.05, 4.69) is 11.2 Å². The van der Waals surface area contributed by atoms with E-state index in [0.717, 1.165) is 28.8 Å². The first kappa shape index (κ1) is 22.8. The zero-order valence-electron chi connectivity index (χ0n) is 19.3. The molecule has 8 nitrogen and oxygen atoms in total. The van der Waals surface area contributed by atoms with Gasteiger partial charge in [0.1, 0.15) is 5.60 Å². The van der Waals surface area contributed by atoms with E-state index in [1.807, 2.05) is 50.9 Å². The van der Waals surface area contributed by atoms with Gasteiger partial charge >= 0.3 is 6.09 Å². The van der Waals surface area contributed by atoms with Gasteiger partial charge < -0.3 is 20.3 Å². The predicted molar refractivity (Wildman–Crippen MR) is 121 cm³/mol. The SMILES string of the molecule is CC(=O)N1c2ccc(-c3cnn(CCN(C)C(=O)OC(C)(C)C)c3)cc2[C@H](N)C[C@@H]1C. The monoisotopic (exact) mass is 427 g/mol. The molecule has 2 N–H and O–H groups in total. The van der Waals surface area contributed by atoms with Gasteiger partial charge in [-0.15, -0.1) is 0 Å². The standard InChI is InChI=1S/C23H33N5O3/c1-15-11-20(24)19-12-17(7-8-21(19)28(15)16(2)29)18-13-25-27(14-18)10-9-26(6)22(30)31-23(3,4)5/h7-8,12-15,20H,9-11,24H2,1-6H3/t15-,20+/m0/s1. The van der Waals surface area contributed by atoms with Crippen LogP contribution >= 0.6 is 0 Å². The minimum atomic E-state index is -0.521. The van der Waals surface area contributed by atoms with Crippen molar-refractivity contribution in [3.63, 3.8) is 0 Å². The van der Waals surface area contributed by atoms with E-state index in [9.17, 15) is 9.59 Å². The van der Waals surface area contributed by atoms with Crippen molar-refractivity contribution < 1.29 is 14.3 Å². The minimum Gasteiger partial charge on any atom is -0.444 e. The number of aromatic nitrogens is 2. The van der Waals surface area contributed by atoms with E-state index in [1.54, 1.807) is 29.7 Å². The van der Waals surface area contributed by atoms with E-state index >= 15 is 0 Å². The van der Waals surface area contributed by atoms with Gasteiger partial charge in [0.25, 0.3) is 0 Å². The maximum absolute atomic E-state index is 12.1. The fourth-order valence-corrected chi connectivity index (χ4v) is 3.89. The van der Waals surface area contributed by atoms with Crippen LogP contribution in [0.3, 0.4) is 0 Å². The molecule has 2 aromatic rings. The van der Waals surface area contributed by atoms with Crippen molar-refractivity contribution >= 4 is 17.7 Å². The first-order valence-corrected chi connectivity index (χ1v) is 10.6. The van der Waals surface area contributed by atoms with Crippen LogP contribution in [0.5, 0.6) is 0 Å². The van der Waals surface area contributed by atoms with Gasteiger partial charge in [-0.2, -0.15) is 5.10 Å². The van der Waals surface area contributed by atoms with Gasteiger partial charge in [0.15, 0.2) is 0 Å². The molecule has 0 fully saturated rings. The topological polar surface area (TPSA) is 93.7 Å². The van der Waals surface area contributed by atoms with E-state index in [0.29, 0.717) is 13.1 Å². The molecule has 0 bridgehead atoms. The molecule has 2 heterocycles. The van der Waals surface area contributed by atoms with Crippen LogP contribution in [0.25, 0.3) is 11.1 Å². The molecule has 31 heavy (non-hydrogen) atoms. The molecule has 8 heteroatoms. The average molecular weight is 428 g/mol. The van der Waals surface area contributed by atoms with Gasteiger partial charge in [-0.25, -0.2) is 4.79 Å². The maximum atomic E-state index is 12.1. The van der Waals surface area contributed by atoms with Gasteiger partial charge in [-0.05, 0) is 57.4 Å². The normalized spacial score (nSPS) is 18.5. The maximum Gasteiger partial charge on any atom is 0.410 e. The van der Waals surface area contributed by atoms with E-state index < -0.39 is 5.60 Å². The smallest absolute Gasteiger partial charge is 0.410 e. The van der Waals surface area contributed by atoms with Crippen molar-refractivity contribution in [3.05, 3.63) is 36.2 Å². The van der Waals surface area contributed by atoms with Gasteiger partial charge in [0, 0.05) is 50.0 Å². The summed E-state index contributed by atoms with van der Waals surface area (Å²) in [5, 5.41) is 4.43. The molecule has 0 radical (unpaired) electrons. The largest absolute Gasteiger partial charge is 0.444 e. The Bertz CT molecular complexity index is 962. The third-order valence-electron chi connectivity index (χ3n) is 5.40. The predicted octanol–water partition coefficient (Wildman–Crippen LogP) is 3.56. The number of carbonyl (C=O) groups excluding carboxylic acids is 2. The number of benzene rings is 1. The Labute approximate surface area is 183 Å². The van der Waals surface area contributed by atoms with Crippen LogP contribution < -0.4 is 10.6 Å². The van der Waals surface area contributed by atoms with Crippen molar-refractivity contribution in [2.45, 2.75) is 65.3 Å². The molecule has 1 aromatic heterocycles. The zero-order valence-corrected chi connectivity index (χ0v) is 19.3. The van der Waals surface area contributed by atoms with Crippen LogP contribution in [0.2, 0.25) is 0 Å². The zero-order chi connectivity index (χ0) is 22.9. The summed E-state index contributed by atoms with van der Waals surface area (Å²) in [6.07, 6.45) is 4.12. The molecule has 1 aromatic carbocycles. The van der Waals surface area contributed by atoms with E-state index in [-0.39, 0.29) is 24.1 Å². The van der Waals surface area contributed by atoms with Crippen molar-refractivity contribution in [2.24, 2.45) is 5.73 Å². The molecule has 2 amide bonds. The van der Waals surface area contributed by atoms with Crippen LogP contribution in [0.15, 0.2) is 30.6 Å². The lowest BCUT2D eigenvalue weighted by Crippen LogP contribution is -2.43. The van der Waals surface area contributed by atoms with Gasteiger partial charge in [-0.1, -0.05) is 6.07 Å². The van der Waals surface area contributed by atoms with E-state index in [4.69, 9.17) is 10.5 Å². The van der Waals surface area contributed by atoms with Crippen molar-refractivity contribution in [3.8, 4) is 11.1 Å². The molecule has 0 spiro atoms. The third-order valence-corrected chi connectivity index (χ3v) is 5.40. The molecule has 2 atom stereocenters. The molecular formula is C23H33N5O3. The molecule has 1 aliphatic heterocycles. The number of carbonyl (C=O) groups is 2. The second-order valence-electron chi connectivity index (χ2n) is 9.25. The third kappa shape index (κ3) is 5.25. The van der Waals surface area contributed by atoms with Gasteiger partial charge in [-0.3, -0.25) is 9.48 Å². The minimum absolute atomic E-state index is 0.0235. The second kappa shape index (κ2) is 8.70. The number of rotatable bonds is 4. The summed E-state index contributed by atoms with van der Waals surface area (Å²) < 4.78 is 7.18. The number of hydrogen-bond donors (Lipinski definition) is 1. The molecule has 168 valence electrons. The highest BCUT2D eigenvalue weighted by Crippen LogP contribution is 2.38. The number of ether oxygens (including phenoxy) is 1. The highest BCUT2D eigenvalue weighted by atomic mass is 16.6. The number of nitrogens with two attached hydrogens (primary N) is 1. The second-order valence-corrected chi connectivity index (χ2v) is 9.25. The summed E-state index contributed by atoms with van der Waals surface area (Å²) in [7, 11) is 1.71. The molecule has 3 rings (SSSR count). The molecule has 0 saturated carbocycles. The Morgan fingerprint density at radius 3 is 2.65 bits per heavy atom. The van der Waals surface area contributed by atoms with Crippen LogP contribution in [-0.2, 0) is 16.1 Å². The number of amides is 2. The van der Waals surface area contributed by atoms with Gasteiger partial charge in [0.05, 0.1) is 12.7 Å². The summed E-state index contributed by atoms with van der Waals surface area (Å²) in [4.78, 5) is 27.6. The number of fused-ring (bicyclic) bond motifs is 1. The molecule has 0 saturated heterocycles. The highest BCUT2D eigenvalue weighted by Gasteiger charge is 2.30. The highest BCUT2D eigenvalue weighted by molar-refractivity contribution is 5.94. The lowest BCUT2D eigenvalue weighted by atomic mass is 9.90. The first-order valence-electron chi connectivity index (χ1n) is 10.6. The first-order chi connectivity index (χ1) is 14.5. The lowest BCUT2D eigenvalue weighted by Gasteiger charge is -2.37. The fourth-order valence-electron chi connectivity index (χ4n) is 3.89. The molecule has 1 aliphatic rings. The number of hydrogen-bond acceptors (Lipinski definition) is 5. The number of nitrogens with zero attached hydrogens (tertiary/aromatic N) is 4. The Balaban J connectivity index is 1.72. The van der Waals surface area contributed by atoms with Crippen molar-refractivity contribution in [1.29, 1.82) is 0 Å². The van der Waals surface area contributed by atoms with Crippen LogP contribution in [-0.4, -0.2) is 51.9 Å². The summed E-state index contributed by atoms with van der Waals surface area (Å²) >= 11 is 0. The van der Waals surface area contributed by atoms with E-state index in [1.165, 1.54) is 0 Å². The van der Waals surface area contributed by atoms with Crippen LogP contribution in [0.1, 0.15) is 52.6 Å². The number of anilines is 1. The van der Waals surface area contributed by atoms with Crippen molar-refractivity contribution in [2.75, 3.05) is 18.5 Å². The molecule has 0 unspecified atom stereocenters. The van der Waals surface area contributed by atoms with Crippen LogP contribution in [0.4, 0.5) is 10.5 Å². The van der Waals surface area contributed by atoms with Crippen molar-refractivity contribution in [1.82, 2.24) is 14.7 Å².